The van der Waals surface area contributed by atoms with E-state index in [9.17, 15) is 4.79 Å². The number of aryl methyl sites for hydroxylation is 1. The van der Waals surface area contributed by atoms with Gasteiger partial charge in [-0.15, -0.1) is 10.2 Å². The Balaban J connectivity index is 1.66. The van der Waals surface area contributed by atoms with Crippen molar-refractivity contribution >= 4 is 5.97 Å². The molecule has 1 aromatic rings. The van der Waals surface area contributed by atoms with E-state index in [1.54, 1.807) is 0 Å². The first kappa shape index (κ1) is 15.0. The largest absolute Gasteiger partial charge is 0.481 e. The molecule has 0 spiro atoms. The Bertz CT molecular complexity index is 444. The maximum Gasteiger partial charge on any atom is 0.303 e. The Labute approximate surface area is 119 Å². The summed E-state index contributed by atoms with van der Waals surface area (Å²) in [5.74, 6) is 1.87. The van der Waals surface area contributed by atoms with Gasteiger partial charge in [-0.1, -0.05) is 6.92 Å². The lowest BCUT2D eigenvalue weighted by Gasteiger charge is -2.15. The molecule has 112 valence electrons. The molecule has 0 bridgehead atoms. The lowest BCUT2D eigenvalue weighted by molar-refractivity contribution is -0.137. The van der Waals surface area contributed by atoms with Crippen LogP contribution in [0.2, 0.25) is 0 Å². The van der Waals surface area contributed by atoms with Crippen LogP contribution >= 0.6 is 0 Å². The fourth-order valence-electron chi connectivity index (χ4n) is 2.56. The van der Waals surface area contributed by atoms with E-state index in [2.05, 4.69) is 27.0 Å². The highest BCUT2D eigenvalue weighted by molar-refractivity contribution is 5.66. The first-order valence-electron chi connectivity index (χ1n) is 7.50. The molecule has 2 N–H and O–H groups in total. The van der Waals surface area contributed by atoms with Crippen LogP contribution in [0.15, 0.2) is 0 Å². The fourth-order valence-corrected chi connectivity index (χ4v) is 2.56. The van der Waals surface area contributed by atoms with E-state index in [1.165, 1.54) is 12.8 Å². The highest BCUT2D eigenvalue weighted by Gasteiger charge is 2.15. The number of aliphatic carboxylic acids is 1. The summed E-state index contributed by atoms with van der Waals surface area (Å²) in [6.07, 6.45) is 5.47. The number of rotatable bonds is 8. The molecule has 0 saturated carbocycles. The summed E-state index contributed by atoms with van der Waals surface area (Å²) < 4.78 is 2.23. The van der Waals surface area contributed by atoms with Crippen molar-refractivity contribution in [1.82, 2.24) is 20.1 Å². The van der Waals surface area contributed by atoms with Crippen molar-refractivity contribution in [1.29, 1.82) is 0 Å². The van der Waals surface area contributed by atoms with Crippen LogP contribution in [0, 0.1) is 5.92 Å². The van der Waals surface area contributed by atoms with Gasteiger partial charge in [0.25, 0.3) is 0 Å². The van der Waals surface area contributed by atoms with Crippen molar-refractivity contribution in [2.75, 3.05) is 6.54 Å². The van der Waals surface area contributed by atoms with E-state index < -0.39 is 5.97 Å². The number of hydrogen-bond acceptors (Lipinski definition) is 4. The van der Waals surface area contributed by atoms with Gasteiger partial charge < -0.3 is 15.0 Å². The Morgan fingerprint density at radius 2 is 2.25 bits per heavy atom. The van der Waals surface area contributed by atoms with Crippen LogP contribution in [-0.4, -0.2) is 32.4 Å². The highest BCUT2D eigenvalue weighted by atomic mass is 16.4. The number of hydrogen-bond donors (Lipinski definition) is 2. The predicted molar refractivity (Wildman–Crippen MR) is 75.3 cm³/mol. The number of carbonyl (C=O) groups is 1. The Morgan fingerprint density at radius 3 is 3.05 bits per heavy atom. The molecule has 1 aliphatic rings. The zero-order valence-corrected chi connectivity index (χ0v) is 12.1. The van der Waals surface area contributed by atoms with Gasteiger partial charge in [0.1, 0.15) is 11.6 Å². The molecule has 1 aliphatic heterocycles. The molecule has 0 aliphatic carbocycles. The number of fused-ring (bicyclic) bond motifs is 1. The molecule has 1 aromatic heterocycles. The van der Waals surface area contributed by atoms with Gasteiger partial charge in [0.2, 0.25) is 0 Å². The Morgan fingerprint density at radius 1 is 1.40 bits per heavy atom. The van der Waals surface area contributed by atoms with Gasteiger partial charge in [-0.2, -0.15) is 0 Å². The third-order valence-corrected chi connectivity index (χ3v) is 3.88. The standard InChI is InChI=1S/C14H24N4O2/c1-11(5-6-14(19)20)7-8-15-10-13-17-16-12-4-2-3-9-18(12)13/h11,15H,2-10H2,1H3,(H,19,20). The van der Waals surface area contributed by atoms with Gasteiger partial charge >= 0.3 is 5.97 Å². The SMILES string of the molecule is CC(CCNCc1nnc2n1CCCC2)CCC(=O)O. The van der Waals surface area contributed by atoms with E-state index in [0.29, 0.717) is 5.92 Å². The molecule has 2 heterocycles. The second-order valence-electron chi connectivity index (χ2n) is 5.64. The van der Waals surface area contributed by atoms with Crippen molar-refractivity contribution in [3.8, 4) is 0 Å². The monoisotopic (exact) mass is 280 g/mol. The molecule has 1 unspecified atom stereocenters. The van der Waals surface area contributed by atoms with Crippen LogP contribution in [0.5, 0.6) is 0 Å². The molecule has 6 heteroatoms. The number of aromatic nitrogens is 3. The molecule has 6 nitrogen and oxygen atoms in total. The lowest BCUT2D eigenvalue weighted by Crippen LogP contribution is -2.21. The fraction of sp³-hybridized carbons (Fsp3) is 0.786. The van der Waals surface area contributed by atoms with Gasteiger partial charge in [-0.25, -0.2) is 0 Å². The topological polar surface area (TPSA) is 80.0 Å². The minimum atomic E-state index is -0.708. The van der Waals surface area contributed by atoms with Crippen molar-refractivity contribution in [3.63, 3.8) is 0 Å². The summed E-state index contributed by atoms with van der Waals surface area (Å²) in [5, 5.41) is 20.5. The Hall–Kier alpha value is -1.43. The second-order valence-corrected chi connectivity index (χ2v) is 5.64. The average molecular weight is 280 g/mol. The number of nitrogens with zero attached hydrogens (tertiary/aromatic N) is 3. The third-order valence-electron chi connectivity index (χ3n) is 3.88. The van der Waals surface area contributed by atoms with E-state index in [0.717, 1.165) is 50.5 Å². The van der Waals surface area contributed by atoms with Crippen molar-refractivity contribution in [3.05, 3.63) is 11.6 Å². The summed E-state index contributed by atoms with van der Waals surface area (Å²) in [6.45, 7) is 4.78. The minimum absolute atomic E-state index is 0.263. The first-order chi connectivity index (χ1) is 9.66. The first-order valence-corrected chi connectivity index (χ1v) is 7.50. The third kappa shape index (κ3) is 4.30. The smallest absolute Gasteiger partial charge is 0.303 e. The zero-order chi connectivity index (χ0) is 14.4. The average Bonchev–Trinajstić information content (AvgIpc) is 2.85. The highest BCUT2D eigenvalue weighted by Crippen LogP contribution is 2.14. The maximum absolute atomic E-state index is 10.5. The van der Waals surface area contributed by atoms with E-state index in [1.807, 2.05) is 0 Å². The predicted octanol–water partition coefficient (Wildman–Crippen LogP) is 1.59. The van der Waals surface area contributed by atoms with Gasteiger partial charge in [0, 0.05) is 19.4 Å². The molecule has 0 fully saturated rings. The van der Waals surface area contributed by atoms with Gasteiger partial charge in [0.05, 0.1) is 6.54 Å². The molecule has 0 radical (unpaired) electrons. The Kier molecular flexibility index (Phi) is 5.52. The molecule has 2 rings (SSSR count). The van der Waals surface area contributed by atoms with Gasteiger partial charge in [-0.05, 0) is 38.1 Å². The summed E-state index contributed by atoms with van der Waals surface area (Å²) in [7, 11) is 0. The number of carboxylic acids is 1. The van der Waals surface area contributed by atoms with Crippen LogP contribution in [0.25, 0.3) is 0 Å². The van der Waals surface area contributed by atoms with E-state index in [4.69, 9.17) is 5.11 Å². The maximum atomic E-state index is 10.5. The van der Waals surface area contributed by atoms with E-state index >= 15 is 0 Å². The molecule has 0 aromatic carbocycles. The normalized spacial score (nSPS) is 15.8. The van der Waals surface area contributed by atoms with Crippen LogP contribution < -0.4 is 5.32 Å². The van der Waals surface area contributed by atoms with Crippen molar-refractivity contribution in [2.45, 2.75) is 58.5 Å². The number of nitrogens with one attached hydrogen (secondary N) is 1. The van der Waals surface area contributed by atoms with Crippen LogP contribution in [-0.2, 0) is 24.3 Å². The summed E-state index contributed by atoms with van der Waals surface area (Å²) in [4.78, 5) is 10.5. The van der Waals surface area contributed by atoms with Crippen molar-refractivity contribution in [2.24, 2.45) is 5.92 Å². The molecule has 0 saturated heterocycles. The summed E-state index contributed by atoms with van der Waals surface area (Å²) in [5.41, 5.74) is 0. The number of carboxylic acid groups (broad SMARTS) is 1. The summed E-state index contributed by atoms with van der Waals surface area (Å²) in [6, 6.07) is 0. The van der Waals surface area contributed by atoms with Crippen LogP contribution in [0.1, 0.15) is 50.7 Å². The van der Waals surface area contributed by atoms with Crippen LogP contribution in [0.3, 0.4) is 0 Å². The minimum Gasteiger partial charge on any atom is -0.481 e. The molecular weight excluding hydrogens is 256 g/mol. The van der Waals surface area contributed by atoms with Crippen molar-refractivity contribution < 1.29 is 9.90 Å². The van der Waals surface area contributed by atoms with Crippen LogP contribution in [0.4, 0.5) is 0 Å². The van der Waals surface area contributed by atoms with Gasteiger partial charge in [0.15, 0.2) is 0 Å². The summed E-state index contributed by atoms with van der Waals surface area (Å²) >= 11 is 0. The molecule has 0 amide bonds. The second kappa shape index (κ2) is 7.38. The quantitative estimate of drug-likeness (QED) is 0.707. The lowest BCUT2D eigenvalue weighted by atomic mass is 10.0. The molecule has 20 heavy (non-hydrogen) atoms. The zero-order valence-electron chi connectivity index (χ0n) is 12.1. The van der Waals surface area contributed by atoms with E-state index in [-0.39, 0.29) is 6.42 Å². The molecular formula is C14H24N4O2. The molecule has 1 atom stereocenters. The van der Waals surface area contributed by atoms with Gasteiger partial charge in [-0.3, -0.25) is 4.79 Å².